The van der Waals surface area contributed by atoms with Gasteiger partial charge < -0.3 is 15.5 Å². The van der Waals surface area contributed by atoms with Crippen LogP contribution in [0.4, 0.5) is 5.82 Å². The Morgan fingerprint density at radius 1 is 1.22 bits per heavy atom. The lowest BCUT2D eigenvalue weighted by Gasteiger charge is -2.08. The molecule has 3 aromatic rings. The van der Waals surface area contributed by atoms with E-state index < -0.39 is 0 Å². The van der Waals surface area contributed by atoms with Crippen molar-refractivity contribution in [1.29, 1.82) is 0 Å². The van der Waals surface area contributed by atoms with Crippen molar-refractivity contribution in [2.45, 2.75) is 13.8 Å². The third-order valence-electron chi connectivity index (χ3n) is 3.17. The first kappa shape index (κ1) is 16.8. The molecule has 0 atom stereocenters. The van der Waals surface area contributed by atoms with Crippen LogP contribution in [0.1, 0.15) is 13.8 Å². The Morgan fingerprint density at radius 3 is 2.61 bits per heavy atom. The number of halogens is 1. The standard InChI is InChI=1S/C15H12ClN3O2.C2H6/c1-21-12-6-5-8-11(20)7-10(19-15(8)14(12)16)9-3-2-4-13(17)18-9;1-2/h2-7H,1H3,(H2,17,18)(H,19,20);1-2H3. The van der Waals surface area contributed by atoms with E-state index in [4.69, 9.17) is 22.1 Å². The maximum absolute atomic E-state index is 12.2. The maximum atomic E-state index is 12.2. The minimum atomic E-state index is -0.146. The Hall–Kier alpha value is -2.53. The first-order chi connectivity index (χ1) is 11.1. The van der Waals surface area contributed by atoms with Gasteiger partial charge in [-0.2, -0.15) is 0 Å². The topological polar surface area (TPSA) is 81.0 Å². The summed E-state index contributed by atoms with van der Waals surface area (Å²) in [6, 6.07) is 10.0. The van der Waals surface area contributed by atoms with E-state index in [9.17, 15) is 4.79 Å². The number of nitrogen functional groups attached to an aromatic ring is 1. The number of benzene rings is 1. The monoisotopic (exact) mass is 331 g/mol. The Morgan fingerprint density at radius 2 is 1.96 bits per heavy atom. The lowest BCUT2D eigenvalue weighted by atomic mass is 10.1. The van der Waals surface area contributed by atoms with Crippen molar-refractivity contribution in [3.63, 3.8) is 0 Å². The van der Waals surface area contributed by atoms with Crippen LogP contribution in [0.5, 0.6) is 5.75 Å². The summed E-state index contributed by atoms with van der Waals surface area (Å²) in [7, 11) is 1.52. The number of anilines is 1. The average Bonchev–Trinajstić information content (AvgIpc) is 2.57. The molecule has 0 fully saturated rings. The summed E-state index contributed by atoms with van der Waals surface area (Å²) >= 11 is 6.26. The van der Waals surface area contributed by atoms with Crippen molar-refractivity contribution in [3.05, 3.63) is 51.6 Å². The van der Waals surface area contributed by atoms with Crippen LogP contribution < -0.4 is 15.9 Å². The van der Waals surface area contributed by atoms with Crippen LogP contribution in [0.3, 0.4) is 0 Å². The largest absolute Gasteiger partial charge is 0.495 e. The summed E-state index contributed by atoms with van der Waals surface area (Å²) in [6.45, 7) is 4.00. The molecule has 3 N–H and O–H groups in total. The lowest BCUT2D eigenvalue weighted by Crippen LogP contribution is -2.05. The zero-order valence-electron chi connectivity index (χ0n) is 13.2. The number of ether oxygens (including phenoxy) is 1. The highest BCUT2D eigenvalue weighted by atomic mass is 35.5. The molecular formula is C17H18ClN3O2. The molecule has 2 heterocycles. The van der Waals surface area contributed by atoms with Crippen LogP contribution in [0.25, 0.3) is 22.3 Å². The smallest absolute Gasteiger partial charge is 0.190 e. The average molecular weight is 332 g/mol. The molecule has 2 aromatic heterocycles. The van der Waals surface area contributed by atoms with Crippen LogP contribution in [-0.2, 0) is 0 Å². The minimum Gasteiger partial charge on any atom is -0.495 e. The van der Waals surface area contributed by atoms with Gasteiger partial charge in [-0.15, -0.1) is 0 Å². The normalized spacial score (nSPS) is 10.1. The number of methoxy groups -OCH3 is 1. The fraction of sp³-hybridized carbons (Fsp3) is 0.176. The van der Waals surface area contributed by atoms with Gasteiger partial charge in [0.2, 0.25) is 0 Å². The Kier molecular flexibility index (Phi) is 5.24. The third kappa shape index (κ3) is 3.29. The molecule has 0 saturated carbocycles. The summed E-state index contributed by atoms with van der Waals surface area (Å²) in [4.78, 5) is 19.6. The maximum Gasteiger partial charge on any atom is 0.190 e. The Bertz CT molecular complexity index is 891. The van der Waals surface area contributed by atoms with E-state index in [1.54, 1.807) is 30.3 Å². The number of rotatable bonds is 2. The van der Waals surface area contributed by atoms with Gasteiger partial charge in [-0.05, 0) is 24.3 Å². The molecule has 0 aliphatic heterocycles. The number of pyridine rings is 2. The Labute approximate surface area is 139 Å². The zero-order valence-corrected chi connectivity index (χ0v) is 13.9. The number of nitrogens with two attached hydrogens (primary N) is 1. The van der Waals surface area contributed by atoms with Gasteiger partial charge in [-0.25, -0.2) is 4.98 Å². The molecule has 5 nitrogen and oxygen atoms in total. The quantitative estimate of drug-likeness (QED) is 0.747. The summed E-state index contributed by atoms with van der Waals surface area (Å²) in [5, 5.41) is 0.853. The van der Waals surface area contributed by atoms with Crippen LogP contribution in [0, 0.1) is 0 Å². The van der Waals surface area contributed by atoms with Crippen LogP contribution in [0.15, 0.2) is 41.2 Å². The first-order valence-corrected chi connectivity index (χ1v) is 7.60. The van der Waals surface area contributed by atoms with E-state index in [1.165, 1.54) is 13.2 Å². The first-order valence-electron chi connectivity index (χ1n) is 7.22. The number of H-pyrrole nitrogens is 1. The summed E-state index contributed by atoms with van der Waals surface area (Å²) in [5.74, 6) is 0.877. The van der Waals surface area contributed by atoms with E-state index in [0.29, 0.717) is 38.9 Å². The summed E-state index contributed by atoms with van der Waals surface area (Å²) in [5.41, 5.74) is 7.17. The van der Waals surface area contributed by atoms with E-state index >= 15 is 0 Å². The molecule has 1 aromatic carbocycles. The van der Waals surface area contributed by atoms with Crippen molar-refractivity contribution in [1.82, 2.24) is 9.97 Å². The second-order valence-corrected chi connectivity index (χ2v) is 4.88. The molecule has 0 aliphatic rings. The molecular weight excluding hydrogens is 314 g/mol. The molecule has 120 valence electrons. The fourth-order valence-corrected chi connectivity index (χ4v) is 2.45. The van der Waals surface area contributed by atoms with Crippen molar-refractivity contribution in [2.24, 2.45) is 0 Å². The predicted molar refractivity (Wildman–Crippen MR) is 95.1 cm³/mol. The molecule has 3 rings (SSSR count). The van der Waals surface area contributed by atoms with Crippen molar-refractivity contribution in [3.8, 4) is 17.1 Å². The van der Waals surface area contributed by atoms with Gasteiger partial charge in [0.1, 0.15) is 16.6 Å². The SMILES string of the molecule is CC.COc1ccc2c(=O)cc(-c3cccc(N)n3)[nH]c2c1Cl. The van der Waals surface area contributed by atoms with Crippen molar-refractivity contribution in [2.75, 3.05) is 12.8 Å². The van der Waals surface area contributed by atoms with Crippen LogP contribution in [0.2, 0.25) is 5.02 Å². The summed E-state index contributed by atoms with van der Waals surface area (Å²) < 4.78 is 5.17. The molecule has 0 unspecified atom stereocenters. The highest BCUT2D eigenvalue weighted by Crippen LogP contribution is 2.31. The van der Waals surface area contributed by atoms with E-state index in [0.717, 1.165) is 0 Å². The van der Waals surface area contributed by atoms with E-state index in [1.807, 2.05) is 13.8 Å². The molecule has 6 heteroatoms. The number of fused-ring (bicyclic) bond motifs is 1. The van der Waals surface area contributed by atoms with Crippen molar-refractivity contribution < 1.29 is 4.74 Å². The highest BCUT2D eigenvalue weighted by Gasteiger charge is 2.11. The van der Waals surface area contributed by atoms with Gasteiger partial charge in [0.05, 0.1) is 24.0 Å². The van der Waals surface area contributed by atoms with Crippen LogP contribution >= 0.6 is 11.6 Å². The molecule has 0 bridgehead atoms. The number of nitrogens with zero attached hydrogens (tertiary/aromatic N) is 1. The molecule has 0 spiro atoms. The van der Waals surface area contributed by atoms with Gasteiger partial charge in [-0.1, -0.05) is 31.5 Å². The van der Waals surface area contributed by atoms with Gasteiger partial charge in [0.25, 0.3) is 0 Å². The van der Waals surface area contributed by atoms with Gasteiger partial charge in [0, 0.05) is 11.5 Å². The molecule has 0 radical (unpaired) electrons. The number of aromatic amines is 1. The molecule has 0 amide bonds. The number of hydrogen-bond donors (Lipinski definition) is 2. The second kappa shape index (κ2) is 7.15. The highest BCUT2D eigenvalue weighted by molar-refractivity contribution is 6.36. The minimum absolute atomic E-state index is 0.146. The molecule has 0 saturated heterocycles. The zero-order chi connectivity index (χ0) is 17.0. The van der Waals surface area contributed by atoms with E-state index in [2.05, 4.69) is 9.97 Å². The van der Waals surface area contributed by atoms with Gasteiger partial charge >= 0.3 is 0 Å². The fourth-order valence-electron chi connectivity index (χ4n) is 2.16. The number of nitrogens with one attached hydrogen (secondary N) is 1. The van der Waals surface area contributed by atoms with Gasteiger partial charge in [-0.3, -0.25) is 4.79 Å². The molecule has 0 aliphatic carbocycles. The second-order valence-electron chi connectivity index (χ2n) is 4.50. The lowest BCUT2D eigenvalue weighted by molar-refractivity contribution is 0.415. The third-order valence-corrected chi connectivity index (χ3v) is 3.55. The number of hydrogen-bond acceptors (Lipinski definition) is 4. The summed E-state index contributed by atoms with van der Waals surface area (Å²) in [6.07, 6.45) is 0. The predicted octanol–water partition coefficient (Wildman–Crippen LogP) is 3.86. The Balaban J connectivity index is 0.000000924. The number of aromatic nitrogens is 2. The molecule has 23 heavy (non-hydrogen) atoms. The van der Waals surface area contributed by atoms with E-state index in [-0.39, 0.29) is 5.43 Å². The van der Waals surface area contributed by atoms with Gasteiger partial charge in [0.15, 0.2) is 5.43 Å². The van der Waals surface area contributed by atoms with Crippen LogP contribution in [-0.4, -0.2) is 17.1 Å². The van der Waals surface area contributed by atoms with Crippen molar-refractivity contribution >= 4 is 28.3 Å².